The highest BCUT2D eigenvalue weighted by atomic mass is 79.9. The molecule has 3 aromatic rings. The van der Waals surface area contributed by atoms with Gasteiger partial charge in [0.15, 0.2) is 6.61 Å². The van der Waals surface area contributed by atoms with Gasteiger partial charge >= 0.3 is 0 Å². The van der Waals surface area contributed by atoms with Gasteiger partial charge in [-0.2, -0.15) is 5.10 Å². The first-order chi connectivity index (χ1) is 12.1. The van der Waals surface area contributed by atoms with E-state index >= 15 is 0 Å². The Morgan fingerprint density at radius 1 is 1.12 bits per heavy atom. The van der Waals surface area contributed by atoms with E-state index in [2.05, 4.69) is 26.5 Å². The summed E-state index contributed by atoms with van der Waals surface area (Å²) in [5, 5.41) is 6.08. The topological polar surface area (TPSA) is 50.7 Å². The minimum atomic E-state index is -0.316. The van der Waals surface area contributed by atoms with E-state index in [1.807, 2.05) is 67.6 Å². The van der Waals surface area contributed by atoms with Crippen molar-refractivity contribution >= 4 is 38.8 Å². The average Bonchev–Trinajstić information content (AvgIpc) is 2.63. The van der Waals surface area contributed by atoms with Gasteiger partial charge in [0.2, 0.25) is 0 Å². The lowest BCUT2D eigenvalue weighted by molar-refractivity contribution is -0.123. The zero-order valence-electron chi connectivity index (χ0n) is 13.7. The molecule has 5 heteroatoms. The van der Waals surface area contributed by atoms with Crippen LogP contribution in [0.1, 0.15) is 11.1 Å². The van der Waals surface area contributed by atoms with Crippen LogP contribution in [0.25, 0.3) is 10.8 Å². The zero-order chi connectivity index (χ0) is 17.6. The minimum Gasteiger partial charge on any atom is -0.483 e. The molecule has 126 valence electrons. The van der Waals surface area contributed by atoms with Gasteiger partial charge in [-0.15, -0.1) is 0 Å². The highest BCUT2D eigenvalue weighted by molar-refractivity contribution is 9.10. The summed E-state index contributed by atoms with van der Waals surface area (Å²) in [4.78, 5) is 11.9. The number of hydrazone groups is 1. The fraction of sp³-hybridized carbons (Fsp3) is 0.100. The van der Waals surface area contributed by atoms with Crippen LogP contribution in [0.2, 0.25) is 0 Å². The molecule has 0 fully saturated rings. The summed E-state index contributed by atoms with van der Waals surface area (Å²) < 4.78 is 6.43. The van der Waals surface area contributed by atoms with Crippen LogP contribution in [0.5, 0.6) is 5.75 Å². The molecule has 0 unspecified atom stereocenters. The highest BCUT2D eigenvalue weighted by Gasteiger charge is 2.08. The van der Waals surface area contributed by atoms with E-state index in [0.717, 1.165) is 20.8 Å². The summed E-state index contributed by atoms with van der Waals surface area (Å²) in [5.41, 5.74) is 4.56. The van der Waals surface area contributed by atoms with Gasteiger partial charge in [-0.05, 0) is 45.3 Å². The van der Waals surface area contributed by atoms with E-state index in [-0.39, 0.29) is 12.5 Å². The van der Waals surface area contributed by atoms with Crippen molar-refractivity contribution in [3.8, 4) is 5.75 Å². The number of hydrogen-bond donors (Lipinski definition) is 1. The van der Waals surface area contributed by atoms with Gasteiger partial charge < -0.3 is 4.74 Å². The predicted octanol–water partition coefficient (Wildman–Crippen LogP) is 4.44. The Balaban J connectivity index is 1.57. The van der Waals surface area contributed by atoms with Crippen molar-refractivity contribution in [2.75, 3.05) is 6.61 Å². The lowest BCUT2D eigenvalue weighted by Crippen LogP contribution is -2.24. The second-order valence-corrected chi connectivity index (χ2v) is 6.38. The van der Waals surface area contributed by atoms with Crippen LogP contribution < -0.4 is 10.2 Å². The second kappa shape index (κ2) is 7.94. The van der Waals surface area contributed by atoms with Gasteiger partial charge in [-0.1, -0.05) is 60.2 Å². The molecule has 1 amide bonds. The molecule has 0 atom stereocenters. The largest absolute Gasteiger partial charge is 0.483 e. The van der Waals surface area contributed by atoms with Crippen molar-refractivity contribution in [1.82, 2.24) is 5.43 Å². The molecule has 4 nitrogen and oxygen atoms in total. The predicted molar refractivity (Wildman–Crippen MR) is 104 cm³/mol. The number of rotatable bonds is 5. The Morgan fingerprint density at radius 3 is 2.68 bits per heavy atom. The Bertz CT molecular complexity index is 921. The second-order valence-electron chi connectivity index (χ2n) is 5.59. The molecule has 0 saturated carbocycles. The van der Waals surface area contributed by atoms with Gasteiger partial charge in [0.1, 0.15) is 5.75 Å². The number of nitrogens with one attached hydrogen (secondary N) is 1. The number of aryl methyl sites for hydroxylation is 1. The molecular weight excluding hydrogens is 380 g/mol. The summed E-state index contributed by atoms with van der Waals surface area (Å²) in [6.45, 7) is 1.91. The Hall–Kier alpha value is -2.66. The lowest BCUT2D eigenvalue weighted by atomic mass is 10.1. The average molecular weight is 397 g/mol. The lowest BCUT2D eigenvalue weighted by Gasteiger charge is -2.09. The van der Waals surface area contributed by atoms with E-state index in [9.17, 15) is 4.79 Å². The van der Waals surface area contributed by atoms with Gasteiger partial charge in [-0.3, -0.25) is 4.79 Å². The van der Waals surface area contributed by atoms with Crippen LogP contribution >= 0.6 is 15.9 Å². The molecule has 0 bridgehead atoms. The van der Waals surface area contributed by atoms with E-state index in [1.54, 1.807) is 6.21 Å². The number of hydrogen-bond acceptors (Lipinski definition) is 3. The Morgan fingerprint density at radius 2 is 1.88 bits per heavy atom. The third kappa shape index (κ3) is 4.45. The maximum atomic E-state index is 11.9. The first-order valence-electron chi connectivity index (χ1n) is 7.82. The molecule has 0 aromatic heterocycles. The molecule has 0 spiro atoms. The standard InChI is InChI=1S/C20H17BrN2O2/c1-14-6-8-15(9-7-14)12-22-23-19(24)13-25-18-11-10-16-4-2-3-5-17(16)20(18)21/h2-12H,13H2,1H3,(H,23,24)/b22-12+. The van der Waals surface area contributed by atoms with Gasteiger partial charge in [0, 0.05) is 0 Å². The summed E-state index contributed by atoms with van der Waals surface area (Å²) >= 11 is 3.53. The quantitative estimate of drug-likeness (QED) is 0.511. The molecule has 0 aliphatic carbocycles. The minimum absolute atomic E-state index is 0.109. The molecule has 3 aromatic carbocycles. The fourth-order valence-electron chi connectivity index (χ4n) is 2.33. The van der Waals surface area contributed by atoms with Crippen molar-refractivity contribution in [2.24, 2.45) is 5.10 Å². The molecule has 3 rings (SSSR count). The van der Waals surface area contributed by atoms with E-state index in [4.69, 9.17) is 4.74 Å². The van der Waals surface area contributed by atoms with Crippen molar-refractivity contribution in [1.29, 1.82) is 0 Å². The fourth-order valence-corrected chi connectivity index (χ4v) is 2.94. The zero-order valence-corrected chi connectivity index (χ0v) is 15.3. The molecule has 1 N–H and O–H groups in total. The highest BCUT2D eigenvalue weighted by Crippen LogP contribution is 2.32. The van der Waals surface area contributed by atoms with Crippen LogP contribution in [-0.4, -0.2) is 18.7 Å². The summed E-state index contributed by atoms with van der Waals surface area (Å²) in [7, 11) is 0. The summed E-state index contributed by atoms with van der Waals surface area (Å²) in [6, 6.07) is 19.6. The van der Waals surface area contributed by atoms with E-state index in [1.165, 1.54) is 5.56 Å². The third-order valence-electron chi connectivity index (χ3n) is 3.67. The molecular formula is C20H17BrN2O2. The maximum absolute atomic E-state index is 11.9. The molecule has 0 aliphatic heterocycles. The molecule has 0 aliphatic rings. The third-order valence-corrected chi connectivity index (χ3v) is 4.48. The van der Waals surface area contributed by atoms with Crippen LogP contribution in [0.15, 0.2) is 70.2 Å². The first kappa shape index (κ1) is 17.2. The number of halogens is 1. The SMILES string of the molecule is Cc1ccc(/C=N/NC(=O)COc2ccc3ccccc3c2Br)cc1. The van der Waals surface area contributed by atoms with Crippen molar-refractivity contribution in [3.63, 3.8) is 0 Å². The van der Waals surface area contributed by atoms with Crippen LogP contribution in [0.4, 0.5) is 0 Å². The van der Waals surface area contributed by atoms with E-state index in [0.29, 0.717) is 5.75 Å². The molecule has 25 heavy (non-hydrogen) atoms. The van der Waals surface area contributed by atoms with Gasteiger partial charge in [0.25, 0.3) is 5.91 Å². The van der Waals surface area contributed by atoms with Crippen molar-refractivity contribution in [3.05, 3.63) is 76.3 Å². The summed E-state index contributed by atoms with van der Waals surface area (Å²) in [6.07, 6.45) is 1.60. The van der Waals surface area contributed by atoms with Crippen molar-refractivity contribution in [2.45, 2.75) is 6.92 Å². The van der Waals surface area contributed by atoms with Crippen molar-refractivity contribution < 1.29 is 9.53 Å². The number of ether oxygens (including phenoxy) is 1. The van der Waals surface area contributed by atoms with Gasteiger partial charge in [0.05, 0.1) is 10.7 Å². The number of carbonyl (C=O) groups excluding carboxylic acids is 1. The number of fused-ring (bicyclic) bond motifs is 1. The first-order valence-corrected chi connectivity index (χ1v) is 8.61. The van der Waals surface area contributed by atoms with E-state index < -0.39 is 0 Å². The molecule has 0 radical (unpaired) electrons. The van der Waals surface area contributed by atoms with Crippen LogP contribution in [0.3, 0.4) is 0 Å². The Labute approximate surface area is 154 Å². The van der Waals surface area contributed by atoms with Crippen LogP contribution in [-0.2, 0) is 4.79 Å². The number of amides is 1. The number of carbonyl (C=O) groups is 1. The Kier molecular flexibility index (Phi) is 5.46. The van der Waals surface area contributed by atoms with Gasteiger partial charge in [-0.25, -0.2) is 5.43 Å². The number of nitrogens with zero attached hydrogens (tertiary/aromatic N) is 1. The monoisotopic (exact) mass is 396 g/mol. The summed E-state index contributed by atoms with van der Waals surface area (Å²) in [5.74, 6) is 0.305. The number of benzene rings is 3. The van der Waals surface area contributed by atoms with Crippen LogP contribution in [0, 0.1) is 6.92 Å². The smallest absolute Gasteiger partial charge is 0.277 e. The normalized spacial score (nSPS) is 11.0. The maximum Gasteiger partial charge on any atom is 0.277 e. The molecule has 0 heterocycles. The molecule has 0 saturated heterocycles.